The minimum atomic E-state index is 0.0287. The van der Waals surface area contributed by atoms with Crippen LogP contribution in [0.2, 0.25) is 0 Å². The van der Waals surface area contributed by atoms with Gasteiger partial charge in [0, 0.05) is 19.1 Å². The smallest absolute Gasteiger partial charge is 0.244 e. The lowest BCUT2D eigenvalue weighted by molar-refractivity contribution is -0.129. The third kappa shape index (κ3) is 4.52. The first-order valence-corrected chi connectivity index (χ1v) is 6.76. The Balaban J connectivity index is 2.43. The Hall–Kier alpha value is -1.30. The van der Waals surface area contributed by atoms with Crippen LogP contribution in [0.3, 0.4) is 0 Å². The standard InChI is InChI=1S/C12H25N5O/c1-3-17(4-2)11(18)9-14-12(16-13)15-10-7-5-6-8-10/h10H,3-9,13H2,1-2H3,(H2,14,15,16). The van der Waals surface area contributed by atoms with Crippen molar-refractivity contribution >= 4 is 11.9 Å². The minimum absolute atomic E-state index is 0.0287. The lowest BCUT2D eigenvalue weighted by atomic mass is 10.2. The molecule has 0 radical (unpaired) electrons. The fourth-order valence-corrected chi connectivity index (χ4v) is 2.22. The molecule has 0 bridgehead atoms. The molecule has 0 atom stereocenters. The number of hydrogen-bond acceptors (Lipinski definition) is 3. The number of carbonyl (C=O) groups excluding carboxylic acids is 1. The lowest BCUT2D eigenvalue weighted by Crippen LogP contribution is -2.46. The topological polar surface area (TPSA) is 82.8 Å². The zero-order chi connectivity index (χ0) is 13.4. The molecule has 6 nitrogen and oxygen atoms in total. The molecule has 18 heavy (non-hydrogen) atoms. The van der Waals surface area contributed by atoms with Crippen LogP contribution in [0.25, 0.3) is 0 Å². The van der Waals surface area contributed by atoms with Gasteiger partial charge in [-0.1, -0.05) is 12.8 Å². The van der Waals surface area contributed by atoms with Gasteiger partial charge in [0.1, 0.15) is 6.54 Å². The van der Waals surface area contributed by atoms with Crippen molar-refractivity contribution in [3.05, 3.63) is 0 Å². The number of nitrogens with two attached hydrogens (primary N) is 1. The van der Waals surface area contributed by atoms with Gasteiger partial charge in [0.25, 0.3) is 0 Å². The number of carbonyl (C=O) groups is 1. The number of nitrogens with zero attached hydrogens (tertiary/aromatic N) is 2. The zero-order valence-corrected chi connectivity index (χ0v) is 11.4. The Morgan fingerprint density at radius 3 is 2.44 bits per heavy atom. The second-order valence-electron chi connectivity index (χ2n) is 4.50. The highest BCUT2D eigenvalue weighted by molar-refractivity contribution is 5.84. The average Bonchev–Trinajstić information content (AvgIpc) is 2.88. The summed E-state index contributed by atoms with van der Waals surface area (Å²) in [4.78, 5) is 17.7. The molecule has 104 valence electrons. The molecule has 1 fully saturated rings. The lowest BCUT2D eigenvalue weighted by Gasteiger charge is -2.18. The van der Waals surface area contributed by atoms with Gasteiger partial charge in [0.2, 0.25) is 11.9 Å². The second-order valence-corrected chi connectivity index (χ2v) is 4.50. The number of likely N-dealkylation sites (N-methyl/N-ethyl adjacent to an activating group) is 1. The van der Waals surface area contributed by atoms with Crippen molar-refractivity contribution < 1.29 is 4.79 Å². The molecular weight excluding hydrogens is 230 g/mol. The van der Waals surface area contributed by atoms with Crippen molar-refractivity contribution in [2.75, 3.05) is 19.6 Å². The van der Waals surface area contributed by atoms with Crippen LogP contribution < -0.4 is 16.6 Å². The summed E-state index contributed by atoms with van der Waals surface area (Å²) < 4.78 is 0. The van der Waals surface area contributed by atoms with Crippen LogP contribution in [-0.2, 0) is 4.79 Å². The number of amides is 1. The van der Waals surface area contributed by atoms with Crippen LogP contribution in [0.15, 0.2) is 4.99 Å². The molecule has 1 aliphatic carbocycles. The Kier molecular flexibility index (Phi) is 6.49. The largest absolute Gasteiger partial charge is 0.353 e. The van der Waals surface area contributed by atoms with Crippen molar-refractivity contribution in [1.82, 2.24) is 15.6 Å². The summed E-state index contributed by atoms with van der Waals surface area (Å²) in [6.45, 7) is 5.49. The van der Waals surface area contributed by atoms with Crippen molar-refractivity contribution in [1.29, 1.82) is 0 Å². The summed E-state index contributed by atoms with van der Waals surface area (Å²) in [6.07, 6.45) is 4.77. The van der Waals surface area contributed by atoms with Crippen LogP contribution in [0.5, 0.6) is 0 Å². The van der Waals surface area contributed by atoms with Crippen molar-refractivity contribution in [2.24, 2.45) is 10.8 Å². The molecule has 4 N–H and O–H groups in total. The van der Waals surface area contributed by atoms with Gasteiger partial charge in [-0.25, -0.2) is 10.8 Å². The summed E-state index contributed by atoms with van der Waals surface area (Å²) in [5.41, 5.74) is 2.53. The third-order valence-corrected chi connectivity index (χ3v) is 3.32. The monoisotopic (exact) mass is 255 g/mol. The number of hydrazine groups is 1. The summed E-state index contributed by atoms with van der Waals surface area (Å²) in [5.74, 6) is 5.95. The molecule has 1 amide bonds. The molecule has 0 aliphatic heterocycles. The van der Waals surface area contributed by atoms with Gasteiger partial charge >= 0.3 is 0 Å². The fraction of sp³-hybridized carbons (Fsp3) is 0.833. The Morgan fingerprint density at radius 2 is 1.94 bits per heavy atom. The maximum Gasteiger partial charge on any atom is 0.244 e. The first-order chi connectivity index (χ1) is 8.71. The molecule has 1 rings (SSSR count). The van der Waals surface area contributed by atoms with Crippen molar-refractivity contribution in [2.45, 2.75) is 45.6 Å². The van der Waals surface area contributed by atoms with Gasteiger partial charge in [0.15, 0.2) is 0 Å². The minimum Gasteiger partial charge on any atom is -0.353 e. The molecule has 0 unspecified atom stereocenters. The molecule has 0 saturated heterocycles. The van der Waals surface area contributed by atoms with Crippen LogP contribution in [0.1, 0.15) is 39.5 Å². The highest BCUT2D eigenvalue weighted by Crippen LogP contribution is 2.17. The molecular formula is C12H25N5O. The maximum absolute atomic E-state index is 11.8. The van der Waals surface area contributed by atoms with E-state index >= 15 is 0 Å². The van der Waals surface area contributed by atoms with E-state index in [0.29, 0.717) is 25.1 Å². The first kappa shape index (κ1) is 14.8. The first-order valence-electron chi connectivity index (χ1n) is 6.76. The Bertz CT molecular complexity index is 282. The van der Waals surface area contributed by atoms with E-state index in [-0.39, 0.29) is 12.5 Å². The van der Waals surface area contributed by atoms with Gasteiger partial charge in [-0.15, -0.1) is 0 Å². The molecule has 6 heteroatoms. The van der Waals surface area contributed by atoms with E-state index in [1.807, 2.05) is 13.8 Å². The fourth-order valence-electron chi connectivity index (χ4n) is 2.22. The third-order valence-electron chi connectivity index (χ3n) is 3.32. The predicted molar refractivity (Wildman–Crippen MR) is 72.9 cm³/mol. The molecule has 0 aromatic carbocycles. The predicted octanol–water partition coefficient (Wildman–Crippen LogP) is 0.206. The van der Waals surface area contributed by atoms with E-state index < -0.39 is 0 Å². The van der Waals surface area contributed by atoms with Crippen molar-refractivity contribution in [3.63, 3.8) is 0 Å². The molecule has 1 aliphatic rings. The maximum atomic E-state index is 11.8. The summed E-state index contributed by atoms with van der Waals surface area (Å²) in [7, 11) is 0. The van der Waals surface area contributed by atoms with Gasteiger partial charge in [-0.3, -0.25) is 10.2 Å². The summed E-state index contributed by atoms with van der Waals surface area (Å²) in [5, 5.41) is 3.24. The van der Waals surface area contributed by atoms with Gasteiger partial charge < -0.3 is 10.2 Å². The van der Waals surface area contributed by atoms with Crippen LogP contribution in [0.4, 0.5) is 0 Å². The van der Waals surface area contributed by atoms with E-state index in [4.69, 9.17) is 5.84 Å². The molecule has 0 spiro atoms. The van der Waals surface area contributed by atoms with E-state index in [0.717, 1.165) is 12.8 Å². The molecule has 0 aromatic rings. The number of rotatable bonds is 5. The highest BCUT2D eigenvalue weighted by Gasteiger charge is 2.16. The van der Waals surface area contributed by atoms with Crippen LogP contribution in [-0.4, -0.2) is 42.4 Å². The van der Waals surface area contributed by atoms with E-state index in [2.05, 4.69) is 15.7 Å². The van der Waals surface area contributed by atoms with Crippen molar-refractivity contribution in [3.8, 4) is 0 Å². The molecule has 1 saturated carbocycles. The van der Waals surface area contributed by atoms with E-state index in [1.54, 1.807) is 4.90 Å². The summed E-state index contributed by atoms with van der Waals surface area (Å²) >= 11 is 0. The van der Waals surface area contributed by atoms with Gasteiger partial charge in [-0.05, 0) is 26.7 Å². The highest BCUT2D eigenvalue weighted by atomic mass is 16.2. The normalized spacial score (nSPS) is 16.7. The average molecular weight is 255 g/mol. The Labute approximate surface area is 109 Å². The van der Waals surface area contributed by atoms with Gasteiger partial charge in [0.05, 0.1) is 0 Å². The number of nitrogens with one attached hydrogen (secondary N) is 2. The molecule has 0 aromatic heterocycles. The van der Waals surface area contributed by atoms with E-state index in [1.165, 1.54) is 12.8 Å². The quantitative estimate of drug-likeness (QED) is 0.284. The number of guanidine groups is 1. The number of hydrogen-bond donors (Lipinski definition) is 3. The second kappa shape index (κ2) is 7.92. The van der Waals surface area contributed by atoms with Crippen LogP contribution in [0, 0.1) is 0 Å². The van der Waals surface area contributed by atoms with Crippen LogP contribution >= 0.6 is 0 Å². The van der Waals surface area contributed by atoms with E-state index in [9.17, 15) is 4.79 Å². The SMILES string of the molecule is CCN(CC)C(=O)CN=C(NN)NC1CCCC1. The Morgan fingerprint density at radius 1 is 1.33 bits per heavy atom. The van der Waals surface area contributed by atoms with Gasteiger partial charge in [-0.2, -0.15) is 0 Å². The molecule has 0 heterocycles. The zero-order valence-electron chi connectivity index (χ0n) is 11.4. The number of aliphatic imine (C=N–C) groups is 1. The summed E-state index contributed by atoms with van der Waals surface area (Å²) in [6, 6.07) is 0.434.